The van der Waals surface area contributed by atoms with Crippen molar-refractivity contribution in [3.63, 3.8) is 0 Å². The largest absolute Gasteiger partial charge is 0.436 e. The number of benzene rings is 1. The van der Waals surface area contributed by atoms with Gasteiger partial charge in [0.25, 0.3) is 5.91 Å². The molecule has 0 spiro atoms. The van der Waals surface area contributed by atoms with Crippen LogP contribution in [0.15, 0.2) is 22.6 Å². The molecule has 3 rings (SSSR count). The van der Waals surface area contributed by atoms with Gasteiger partial charge in [0.15, 0.2) is 5.89 Å². The predicted octanol–water partition coefficient (Wildman–Crippen LogP) is 2.03. The van der Waals surface area contributed by atoms with E-state index in [-0.39, 0.29) is 5.91 Å². The maximum atomic E-state index is 12.4. The Hall–Kier alpha value is -2.30. The molecule has 1 aliphatic heterocycles. The third-order valence-electron chi connectivity index (χ3n) is 3.34. The summed E-state index contributed by atoms with van der Waals surface area (Å²) in [6.07, 6.45) is 0. The molecule has 1 aliphatic rings. The molecular formula is C14H15N3O2. The standard InChI is InChI=1S/C14H15N3O2/c1-8-13(19-9(2)16-8)14(18)17-6-10-3-4-12(15)5-11(10)7-17/h3-5H,6-7,15H2,1-2H3. The molecule has 2 aromatic rings. The lowest BCUT2D eigenvalue weighted by Gasteiger charge is -2.13. The van der Waals surface area contributed by atoms with Gasteiger partial charge in [0, 0.05) is 25.7 Å². The van der Waals surface area contributed by atoms with Crippen LogP contribution in [0, 0.1) is 13.8 Å². The number of hydrogen-bond donors (Lipinski definition) is 1. The molecule has 98 valence electrons. The number of nitrogen functional groups attached to an aromatic ring is 1. The summed E-state index contributed by atoms with van der Waals surface area (Å²) in [7, 11) is 0. The highest BCUT2D eigenvalue weighted by Crippen LogP contribution is 2.26. The van der Waals surface area contributed by atoms with Gasteiger partial charge in [0.2, 0.25) is 5.76 Å². The number of anilines is 1. The van der Waals surface area contributed by atoms with E-state index in [2.05, 4.69) is 4.98 Å². The fourth-order valence-electron chi connectivity index (χ4n) is 2.43. The van der Waals surface area contributed by atoms with Crippen molar-refractivity contribution >= 4 is 11.6 Å². The summed E-state index contributed by atoms with van der Waals surface area (Å²) < 4.78 is 5.38. The van der Waals surface area contributed by atoms with Crippen molar-refractivity contribution in [2.45, 2.75) is 26.9 Å². The monoisotopic (exact) mass is 257 g/mol. The van der Waals surface area contributed by atoms with Crippen LogP contribution < -0.4 is 5.73 Å². The van der Waals surface area contributed by atoms with Crippen LogP contribution in [0.3, 0.4) is 0 Å². The average Bonchev–Trinajstić information content (AvgIpc) is 2.91. The first kappa shape index (κ1) is 11.8. The number of amides is 1. The molecule has 0 bridgehead atoms. The summed E-state index contributed by atoms with van der Waals surface area (Å²) in [6.45, 7) is 4.68. The fraction of sp³-hybridized carbons (Fsp3) is 0.286. The first-order valence-corrected chi connectivity index (χ1v) is 6.15. The van der Waals surface area contributed by atoms with Crippen molar-refractivity contribution < 1.29 is 9.21 Å². The predicted molar refractivity (Wildman–Crippen MR) is 70.4 cm³/mol. The highest BCUT2D eigenvalue weighted by molar-refractivity contribution is 5.92. The second kappa shape index (κ2) is 4.12. The van der Waals surface area contributed by atoms with Crippen molar-refractivity contribution in [2.75, 3.05) is 5.73 Å². The molecule has 1 aromatic heterocycles. The van der Waals surface area contributed by atoms with Crippen LogP contribution >= 0.6 is 0 Å². The minimum absolute atomic E-state index is 0.118. The minimum atomic E-state index is -0.118. The van der Waals surface area contributed by atoms with Gasteiger partial charge in [-0.3, -0.25) is 4.79 Å². The Morgan fingerprint density at radius 1 is 1.32 bits per heavy atom. The summed E-state index contributed by atoms with van der Waals surface area (Å²) in [5.74, 6) is 0.730. The Labute approximate surface area is 111 Å². The molecule has 2 N–H and O–H groups in total. The van der Waals surface area contributed by atoms with Gasteiger partial charge in [-0.2, -0.15) is 0 Å². The SMILES string of the molecule is Cc1nc(C)c(C(=O)N2Cc3ccc(N)cc3C2)o1. The van der Waals surface area contributed by atoms with Crippen LogP contribution in [0.25, 0.3) is 0 Å². The van der Waals surface area contributed by atoms with E-state index in [0.29, 0.717) is 30.4 Å². The maximum absolute atomic E-state index is 12.4. The van der Waals surface area contributed by atoms with Crippen LogP contribution in [0.2, 0.25) is 0 Å². The first-order valence-electron chi connectivity index (χ1n) is 6.15. The van der Waals surface area contributed by atoms with Gasteiger partial charge in [0.1, 0.15) is 0 Å². The zero-order chi connectivity index (χ0) is 13.6. The molecule has 0 atom stereocenters. The van der Waals surface area contributed by atoms with Crippen LogP contribution in [-0.4, -0.2) is 15.8 Å². The highest BCUT2D eigenvalue weighted by Gasteiger charge is 2.28. The molecule has 0 fully saturated rings. The van der Waals surface area contributed by atoms with Gasteiger partial charge >= 0.3 is 0 Å². The highest BCUT2D eigenvalue weighted by atomic mass is 16.4. The molecule has 19 heavy (non-hydrogen) atoms. The molecule has 0 radical (unpaired) electrons. The van der Waals surface area contributed by atoms with Crippen molar-refractivity contribution in [3.05, 3.63) is 46.7 Å². The van der Waals surface area contributed by atoms with E-state index < -0.39 is 0 Å². The Morgan fingerprint density at radius 2 is 2.05 bits per heavy atom. The normalized spacial score (nSPS) is 13.7. The van der Waals surface area contributed by atoms with Gasteiger partial charge in [-0.1, -0.05) is 6.07 Å². The van der Waals surface area contributed by atoms with E-state index in [1.807, 2.05) is 18.2 Å². The number of aromatic nitrogens is 1. The summed E-state index contributed by atoms with van der Waals surface area (Å²) in [5.41, 5.74) is 9.35. The number of fused-ring (bicyclic) bond motifs is 1. The van der Waals surface area contributed by atoms with Crippen LogP contribution in [0.4, 0.5) is 5.69 Å². The molecule has 1 aromatic carbocycles. The fourth-order valence-corrected chi connectivity index (χ4v) is 2.43. The van der Waals surface area contributed by atoms with Gasteiger partial charge in [-0.05, 0) is 30.2 Å². The van der Waals surface area contributed by atoms with E-state index in [0.717, 1.165) is 16.8 Å². The smallest absolute Gasteiger partial charge is 0.292 e. The lowest BCUT2D eigenvalue weighted by Crippen LogP contribution is -2.25. The molecule has 1 amide bonds. The summed E-state index contributed by atoms with van der Waals surface area (Å²) in [5, 5.41) is 0. The molecular weight excluding hydrogens is 242 g/mol. The lowest BCUT2D eigenvalue weighted by atomic mass is 10.1. The summed E-state index contributed by atoms with van der Waals surface area (Å²) in [6, 6.07) is 5.74. The molecule has 0 aliphatic carbocycles. The number of carbonyl (C=O) groups is 1. The van der Waals surface area contributed by atoms with Crippen LogP contribution in [0.5, 0.6) is 0 Å². The molecule has 5 heteroatoms. The quantitative estimate of drug-likeness (QED) is 0.793. The van der Waals surface area contributed by atoms with Crippen molar-refractivity contribution in [2.24, 2.45) is 0 Å². The lowest BCUT2D eigenvalue weighted by molar-refractivity contribution is 0.0716. The van der Waals surface area contributed by atoms with E-state index in [1.165, 1.54) is 0 Å². The molecule has 2 heterocycles. The van der Waals surface area contributed by atoms with E-state index in [4.69, 9.17) is 10.2 Å². The third-order valence-corrected chi connectivity index (χ3v) is 3.34. The Morgan fingerprint density at radius 3 is 2.74 bits per heavy atom. The van der Waals surface area contributed by atoms with Gasteiger partial charge in [-0.15, -0.1) is 0 Å². The number of aryl methyl sites for hydroxylation is 2. The minimum Gasteiger partial charge on any atom is -0.436 e. The number of rotatable bonds is 1. The number of nitrogens with two attached hydrogens (primary N) is 1. The average molecular weight is 257 g/mol. The summed E-state index contributed by atoms with van der Waals surface area (Å²) >= 11 is 0. The Kier molecular flexibility index (Phi) is 2.55. The first-order chi connectivity index (χ1) is 9.04. The zero-order valence-electron chi connectivity index (χ0n) is 10.9. The molecule has 0 saturated heterocycles. The Balaban J connectivity index is 1.87. The second-order valence-corrected chi connectivity index (χ2v) is 4.84. The molecule has 5 nitrogen and oxygen atoms in total. The topological polar surface area (TPSA) is 72.4 Å². The van der Waals surface area contributed by atoms with Crippen molar-refractivity contribution in [3.8, 4) is 0 Å². The van der Waals surface area contributed by atoms with Gasteiger partial charge in [0.05, 0.1) is 5.69 Å². The van der Waals surface area contributed by atoms with Crippen LogP contribution in [0.1, 0.15) is 33.3 Å². The number of oxazole rings is 1. The maximum Gasteiger partial charge on any atom is 0.292 e. The van der Waals surface area contributed by atoms with Crippen LogP contribution in [-0.2, 0) is 13.1 Å². The zero-order valence-corrected chi connectivity index (χ0v) is 10.9. The molecule has 0 unspecified atom stereocenters. The van der Waals surface area contributed by atoms with Gasteiger partial charge < -0.3 is 15.1 Å². The van der Waals surface area contributed by atoms with E-state index >= 15 is 0 Å². The molecule has 0 saturated carbocycles. The Bertz CT molecular complexity index is 661. The van der Waals surface area contributed by atoms with E-state index in [9.17, 15) is 4.79 Å². The van der Waals surface area contributed by atoms with E-state index in [1.54, 1.807) is 18.7 Å². The van der Waals surface area contributed by atoms with Gasteiger partial charge in [-0.25, -0.2) is 4.98 Å². The van der Waals surface area contributed by atoms with Crippen molar-refractivity contribution in [1.29, 1.82) is 0 Å². The third kappa shape index (κ3) is 1.97. The van der Waals surface area contributed by atoms with Crippen molar-refractivity contribution in [1.82, 2.24) is 9.88 Å². The summed E-state index contributed by atoms with van der Waals surface area (Å²) in [4.78, 5) is 18.3. The number of hydrogen-bond acceptors (Lipinski definition) is 4. The second-order valence-electron chi connectivity index (χ2n) is 4.84. The number of carbonyl (C=O) groups excluding carboxylic acids is 1. The number of nitrogens with zero attached hydrogens (tertiary/aromatic N) is 2.